The molecule has 0 fully saturated rings. The van der Waals surface area contributed by atoms with E-state index in [0.717, 1.165) is 33.6 Å². The second-order valence-electron chi connectivity index (χ2n) is 5.23. The first kappa shape index (κ1) is 16.8. The SMILES string of the molecule is COc1cc(Br)cc(CNCc2cccnc2)c1OC(C)C. The van der Waals surface area contributed by atoms with Gasteiger partial charge in [-0.2, -0.15) is 0 Å². The Morgan fingerprint density at radius 2 is 2.09 bits per heavy atom. The molecule has 0 atom stereocenters. The Kier molecular flexibility index (Phi) is 6.21. The van der Waals surface area contributed by atoms with Gasteiger partial charge >= 0.3 is 0 Å². The molecule has 0 amide bonds. The lowest BCUT2D eigenvalue weighted by molar-refractivity contribution is 0.227. The van der Waals surface area contributed by atoms with Gasteiger partial charge in [-0.15, -0.1) is 0 Å². The third kappa shape index (κ3) is 4.71. The lowest BCUT2D eigenvalue weighted by Gasteiger charge is -2.18. The van der Waals surface area contributed by atoms with Crippen LogP contribution in [0.5, 0.6) is 11.5 Å². The zero-order valence-electron chi connectivity index (χ0n) is 13.1. The molecule has 0 aliphatic rings. The highest BCUT2D eigenvalue weighted by Crippen LogP contribution is 2.35. The van der Waals surface area contributed by atoms with E-state index < -0.39 is 0 Å². The molecule has 118 valence electrons. The molecule has 0 aliphatic heterocycles. The molecule has 0 bridgehead atoms. The van der Waals surface area contributed by atoms with Crippen molar-refractivity contribution in [3.8, 4) is 11.5 Å². The van der Waals surface area contributed by atoms with Crippen molar-refractivity contribution in [3.05, 3.63) is 52.3 Å². The van der Waals surface area contributed by atoms with Crippen molar-refractivity contribution in [1.29, 1.82) is 0 Å². The maximum absolute atomic E-state index is 5.93. The fourth-order valence-electron chi connectivity index (χ4n) is 2.12. The van der Waals surface area contributed by atoms with Crippen molar-refractivity contribution < 1.29 is 9.47 Å². The van der Waals surface area contributed by atoms with E-state index in [-0.39, 0.29) is 6.10 Å². The van der Waals surface area contributed by atoms with E-state index in [9.17, 15) is 0 Å². The molecular formula is C17H21BrN2O2. The van der Waals surface area contributed by atoms with Crippen LogP contribution in [0.1, 0.15) is 25.0 Å². The number of aromatic nitrogens is 1. The monoisotopic (exact) mass is 364 g/mol. The van der Waals surface area contributed by atoms with Crippen LogP contribution in [-0.2, 0) is 13.1 Å². The van der Waals surface area contributed by atoms with Gasteiger partial charge in [-0.1, -0.05) is 22.0 Å². The first-order chi connectivity index (χ1) is 10.6. The van der Waals surface area contributed by atoms with Gasteiger partial charge in [0.05, 0.1) is 13.2 Å². The molecule has 5 heteroatoms. The van der Waals surface area contributed by atoms with Crippen LogP contribution in [0, 0.1) is 0 Å². The predicted octanol–water partition coefficient (Wildman–Crippen LogP) is 3.93. The summed E-state index contributed by atoms with van der Waals surface area (Å²) in [4.78, 5) is 4.12. The molecule has 22 heavy (non-hydrogen) atoms. The number of ether oxygens (including phenoxy) is 2. The molecule has 1 aromatic carbocycles. The average molecular weight is 365 g/mol. The fourth-order valence-corrected chi connectivity index (χ4v) is 2.60. The number of pyridine rings is 1. The molecular weight excluding hydrogens is 344 g/mol. The van der Waals surface area contributed by atoms with Gasteiger partial charge in [0, 0.05) is 35.5 Å². The zero-order chi connectivity index (χ0) is 15.9. The van der Waals surface area contributed by atoms with Crippen molar-refractivity contribution in [2.45, 2.75) is 33.0 Å². The Morgan fingerprint density at radius 3 is 2.73 bits per heavy atom. The zero-order valence-corrected chi connectivity index (χ0v) is 14.7. The van der Waals surface area contributed by atoms with Gasteiger partial charge in [-0.05, 0) is 37.6 Å². The van der Waals surface area contributed by atoms with Crippen LogP contribution in [0.2, 0.25) is 0 Å². The van der Waals surface area contributed by atoms with Crippen LogP contribution in [0.4, 0.5) is 0 Å². The van der Waals surface area contributed by atoms with Crippen molar-refractivity contribution in [2.75, 3.05) is 7.11 Å². The minimum atomic E-state index is 0.0900. The topological polar surface area (TPSA) is 43.4 Å². The summed E-state index contributed by atoms with van der Waals surface area (Å²) in [6.07, 6.45) is 3.73. The fraction of sp³-hybridized carbons (Fsp3) is 0.353. The number of benzene rings is 1. The van der Waals surface area contributed by atoms with Gasteiger partial charge in [0.25, 0.3) is 0 Å². The van der Waals surface area contributed by atoms with E-state index in [0.29, 0.717) is 6.54 Å². The summed E-state index contributed by atoms with van der Waals surface area (Å²) in [5, 5.41) is 3.41. The quantitative estimate of drug-likeness (QED) is 0.808. The summed E-state index contributed by atoms with van der Waals surface area (Å²) in [5.41, 5.74) is 2.21. The Bertz CT molecular complexity index is 603. The van der Waals surface area contributed by atoms with Crippen molar-refractivity contribution in [3.63, 3.8) is 0 Å². The number of halogens is 1. The largest absolute Gasteiger partial charge is 0.493 e. The van der Waals surface area contributed by atoms with Gasteiger partial charge in [0.15, 0.2) is 11.5 Å². The van der Waals surface area contributed by atoms with Gasteiger partial charge in [0.2, 0.25) is 0 Å². The van der Waals surface area contributed by atoms with Crippen LogP contribution < -0.4 is 14.8 Å². The van der Waals surface area contributed by atoms with Crippen molar-refractivity contribution in [1.82, 2.24) is 10.3 Å². The standard InChI is InChI=1S/C17H21BrN2O2/c1-12(2)22-17-14(7-15(18)8-16(17)21-3)11-20-10-13-5-4-6-19-9-13/h4-9,12,20H,10-11H2,1-3H3. The van der Waals surface area contributed by atoms with E-state index in [1.54, 1.807) is 13.3 Å². The van der Waals surface area contributed by atoms with Crippen LogP contribution in [0.25, 0.3) is 0 Å². The van der Waals surface area contributed by atoms with E-state index >= 15 is 0 Å². The minimum absolute atomic E-state index is 0.0900. The molecule has 0 aliphatic carbocycles. The molecule has 4 nitrogen and oxygen atoms in total. The Balaban J connectivity index is 2.12. The van der Waals surface area contributed by atoms with Gasteiger partial charge < -0.3 is 14.8 Å². The van der Waals surface area contributed by atoms with E-state index in [1.807, 2.05) is 38.2 Å². The smallest absolute Gasteiger partial charge is 0.166 e. The third-order valence-corrected chi connectivity index (χ3v) is 3.50. The third-order valence-electron chi connectivity index (χ3n) is 3.04. The van der Waals surface area contributed by atoms with Crippen molar-refractivity contribution in [2.24, 2.45) is 0 Å². The van der Waals surface area contributed by atoms with E-state index in [2.05, 4.69) is 32.3 Å². The van der Waals surface area contributed by atoms with E-state index in [4.69, 9.17) is 9.47 Å². The van der Waals surface area contributed by atoms with Crippen LogP contribution in [0.3, 0.4) is 0 Å². The molecule has 1 aromatic heterocycles. The van der Waals surface area contributed by atoms with Gasteiger partial charge in [0.1, 0.15) is 0 Å². The molecule has 0 radical (unpaired) electrons. The first-order valence-corrected chi connectivity index (χ1v) is 8.02. The molecule has 1 heterocycles. The Morgan fingerprint density at radius 1 is 1.27 bits per heavy atom. The molecule has 2 aromatic rings. The normalized spacial score (nSPS) is 10.8. The Hall–Kier alpha value is -1.59. The predicted molar refractivity (Wildman–Crippen MR) is 91.2 cm³/mol. The van der Waals surface area contributed by atoms with Crippen LogP contribution >= 0.6 is 15.9 Å². The molecule has 0 unspecified atom stereocenters. The van der Waals surface area contributed by atoms with Gasteiger partial charge in [-0.25, -0.2) is 0 Å². The molecule has 0 saturated heterocycles. The lowest BCUT2D eigenvalue weighted by Crippen LogP contribution is -2.16. The highest BCUT2D eigenvalue weighted by Gasteiger charge is 2.14. The number of nitrogens with one attached hydrogen (secondary N) is 1. The van der Waals surface area contributed by atoms with Gasteiger partial charge in [-0.3, -0.25) is 4.98 Å². The molecule has 1 N–H and O–H groups in total. The summed E-state index contributed by atoms with van der Waals surface area (Å²) in [6, 6.07) is 7.96. The Labute approximate surface area is 140 Å². The summed E-state index contributed by atoms with van der Waals surface area (Å²) >= 11 is 3.52. The van der Waals surface area contributed by atoms with Crippen LogP contribution in [0.15, 0.2) is 41.1 Å². The molecule has 0 spiro atoms. The second-order valence-corrected chi connectivity index (χ2v) is 6.14. The first-order valence-electron chi connectivity index (χ1n) is 7.23. The molecule has 2 rings (SSSR count). The number of hydrogen-bond donors (Lipinski definition) is 1. The second kappa shape index (κ2) is 8.15. The highest BCUT2D eigenvalue weighted by molar-refractivity contribution is 9.10. The van der Waals surface area contributed by atoms with Crippen molar-refractivity contribution >= 4 is 15.9 Å². The summed E-state index contributed by atoms with van der Waals surface area (Å²) < 4.78 is 12.3. The highest BCUT2D eigenvalue weighted by atomic mass is 79.9. The average Bonchev–Trinajstić information content (AvgIpc) is 2.50. The number of methoxy groups -OCH3 is 1. The number of nitrogens with zero attached hydrogens (tertiary/aromatic N) is 1. The molecule has 0 saturated carbocycles. The van der Waals surface area contributed by atoms with E-state index in [1.165, 1.54) is 0 Å². The summed E-state index contributed by atoms with van der Waals surface area (Å²) in [7, 11) is 1.65. The lowest BCUT2D eigenvalue weighted by atomic mass is 10.1. The minimum Gasteiger partial charge on any atom is -0.493 e. The van der Waals surface area contributed by atoms with Crippen LogP contribution in [-0.4, -0.2) is 18.2 Å². The summed E-state index contributed by atoms with van der Waals surface area (Å²) in [5.74, 6) is 1.53. The summed E-state index contributed by atoms with van der Waals surface area (Å²) in [6.45, 7) is 5.46. The number of hydrogen-bond acceptors (Lipinski definition) is 4. The number of rotatable bonds is 7. The maximum Gasteiger partial charge on any atom is 0.166 e. The maximum atomic E-state index is 5.93.